The number of nitrogen functional groups attached to an aromatic ring is 1. The lowest BCUT2D eigenvalue weighted by molar-refractivity contribution is -0.577. The molecule has 0 aliphatic rings. The lowest BCUT2D eigenvalue weighted by atomic mass is 10.2. The van der Waals surface area contributed by atoms with Crippen molar-refractivity contribution in [3.05, 3.63) is 29.7 Å². The lowest BCUT2D eigenvalue weighted by Gasteiger charge is -2.23. The van der Waals surface area contributed by atoms with E-state index < -0.39 is 0 Å². The van der Waals surface area contributed by atoms with E-state index in [-0.39, 0.29) is 13.2 Å². The number of hydrogen-bond donors (Lipinski definition) is 3. The van der Waals surface area contributed by atoms with Gasteiger partial charge in [-0.15, -0.1) is 0 Å². The molecule has 7 nitrogen and oxygen atoms in total. The fraction of sp³-hybridized carbons (Fsp3) is 0.333. The molecule has 1 aromatic carbocycles. The topological polar surface area (TPSA) is 110 Å². The smallest absolute Gasteiger partial charge is 0.268 e. The van der Waals surface area contributed by atoms with Gasteiger partial charge in [-0.25, -0.2) is 4.98 Å². The summed E-state index contributed by atoms with van der Waals surface area (Å²) in [6.45, 7) is 0.471. The Bertz CT molecular complexity index is 570. The maximum Gasteiger partial charge on any atom is 0.268 e. The number of benzene rings is 1. The molecule has 0 unspecified atom stereocenters. The van der Waals surface area contributed by atoms with Crippen molar-refractivity contribution < 1.29 is 14.9 Å². The standard InChI is InChI=1S/C12H16N4O3/c13-9-1-2-10(15(5-7-17)6-8-18)12-11(9)14-3-4-16(12)19/h1-4,17-18H,5-8,13H2. The van der Waals surface area contributed by atoms with Gasteiger partial charge < -0.3 is 26.1 Å². The molecule has 0 fully saturated rings. The highest BCUT2D eigenvalue weighted by atomic mass is 16.5. The first-order valence-corrected chi connectivity index (χ1v) is 5.92. The van der Waals surface area contributed by atoms with Crippen LogP contribution in [0, 0.1) is 5.21 Å². The summed E-state index contributed by atoms with van der Waals surface area (Å²) in [4.78, 5) is 5.83. The number of fused-ring (bicyclic) bond motifs is 1. The van der Waals surface area contributed by atoms with Crippen molar-refractivity contribution in [3.63, 3.8) is 0 Å². The second-order valence-corrected chi connectivity index (χ2v) is 4.06. The van der Waals surface area contributed by atoms with Crippen LogP contribution >= 0.6 is 0 Å². The van der Waals surface area contributed by atoms with Gasteiger partial charge in [-0.1, -0.05) is 0 Å². The number of anilines is 2. The quantitative estimate of drug-likeness (QED) is 0.372. The Kier molecular flexibility index (Phi) is 3.98. The van der Waals surface area contributed by atoms with Gasteiger partial charge >= 0.3 is 0 Å². The molecule has 19 heavy (non-hydrogen) atoms. The van der Waals surface area contributed by atoms with Gasteiger partial charge in [0, 0.05) is 13.1 Å². The summed E-state index contributed by atoms with van der Waals surface area (Å²) in [5.74, 6) is 0. The minimum absolute atomic E-state index is 0.0784. The predicted octanol–water partition coefficient (Wildman–Crippen LogP) is -0.759. The normalized spacial score (nSPS) is 10.8. The van der Waals surface area contributed by atoms with E-state index in [9.17, 15) is 5.21 Å². The van der Waals surface area contributed by atoms with Gasteiger partial charge in [0.1, 0.15) is 5.69 Å². The van der Waals surface area contributed by atoms with E-state index in [1.807, 2.05) is 0 Å². The summed E-state index contributed by atoms with van der Waals surface area (Å²) < 4.78 is 0.690. The van der Waals surface area contributed by atoms with Crippen LogP contribution < -0.4 is 15.4 Å². The van der Waals surface area contributed by atoms with Crippen molar-refractivity contribution in [1.29, 1.82) is 0 Å². The third-order valence-electron chi connectivity index (χ3n) is 2.87. The molecule has 2 aromatic rings. The molecule has 0 saturated carbocycles. The molecule has 0 atom stereocenters. The number of hydrogen-bond acceptors (Lipinski definition) is 6. The van der Waals surface area contributed by atoms with Gasteiger partial charge in [-0.3, -0.25) is 0 Å². The fourth-order valence-electron chi connectivity index (χ4n) is 2.03. The maximum atomic E-state index is 11.9. The molecule has 1 aromatic heterocycles. The summed E-state index contributed by atoms with van der Waals surface area (Å²) in [5, 5.41) is 30.1. The van der Waals surface area contributed by atoms with Gasteiger partial charge in [0.2, 0.25) is 0 Å². The van der Waals surface area contributed by atoms with E-state index in [1.165, 1.54) is 12.4 Å². The molecule has 0 aliphatic carbocycles. The van der Waals surface area contributed by atoms with Gasteiger partial charge in [-0.2, -0.15) is 4.73 Å². The minimum atomic E-state index is -0.0784. The fourth-order valence-corrected chi connectivity index (χ4v) is 2.03. The summed E-state index contributed by atoms with van der Waals surface area (Å²) in [5.41, 5.74) is 7.57. The minimum Gasteiger partial charge on any atom is -0.618 e. The van der Waals surface area contributed by atoms with Crippen molar-refractivity contribution >= 4 is 22.4 Å². The molecule has 0 bridgehead atoms. The summed E-state index contributed by atoms with van der Waals surface area (Å²) >= 11 is 0. The Morgan fingerprint density at radius 2 is 1.95 bits per heavy atom. The largest absolute Gasteiger partial charge is 0.618 e. The molecule has 102 valence electrons. The molecular weight excluding hydrogens is 248 g/mol. The van der Waals surface area contributed by atoms with Gasteiger partial charge in [0.15, 0.2) is 11.7 Å². The summed E-state index contributed by atoms with van der Waals surface area (Å²) in [6.07, 6.45) is 2.68. The van der Waals surface area contributed by atoms with E-state index in [4.69, 9.17) is 15.9 Å². The zero-order valence-corrected chi connectivity index (χ0v) is 10.4. The van der Waals surface area contributed by atoms with Crippen LogP contribution in [0.1, 0.15) is 0 Å². The van der Waals surface area contributed by atoms with Crippen LogP contribution in [0.25, 0.3) is 11.0 Å². The average Bonchev–Trinajstić information content (AvgIpc) is 2.40. The van der Waals surface area contributed by atoms with E-state index in [1.54, 1.807) is 17.0 Å². The molecule has 0 spiro atoms. The molecular formula is C12H16N4O3. The number of nitrogens with zero attached hydrogens (tertiary/aromatic N) is 3. The molecule has 0 amide bonds. The first-order chi connectivity index (χ1) is 9.19. The molecule has 2 rings (SSSR count). The molecule has 7 heteroatoms. The summed E-state index contributed by atoms with van der Waals surface area (Å²) in [7, 11) is 0. The van der Waals surface area contributed by atoms with E-state index >= 15 is 0 Å². The van der Waals surface area contributed by atoms with Gasteiger partial charge in [0.05, 0.1) is 25.1 Å². The van der Waals surface area contributed by atoms with Crippen LogP contribution in [0.4, 0.5) is 11.4 Å². The Morgan fingerprint density at radius 3 is 2.58 bits per heavy atom. The van der Waals surface area contributed by atoms with Crippen LogP contribution in [0.15, 0.2) is 24.5 Å². The second kappa shape index (κ2) is 5.68. The Labute approximate surface area is 110 Å². The lowest BCUT2D eigenvalue weighted by Crippen LogP contribution is -2.34. The molecule has 0 saturated heterocycles. The predicted molar refractivity (Wildman–Crippen MR) is 71.5 cm³/mol. The van der Waals surface area contributed by atoms with Crippen molar-refractivity contribution in [2.75, 3.05) is 36.9 Å². The van der Waals surface area contributed by atoms with Crippen LogP contribution in [-0.4, -0.2) is 41.5 Å². The molecule has 0 aliphatic heterocycles. The first-order valence-electron chi connectivity index (χ1n) is 5.92. The average molecular weight is 264 g/mol. The van der Waals surface area contributed by atoms with E-state index in [2.05, 4.69) is 4.98 Å². The maximum absolute atomic E-state index is 11.9. The van der Waals surface area contributed by atoms with Crippen molar-refractivity contribution in [2.45, 2.75) is 0 Å². The Balaban J connectivity index is 2.62. The van der Waals surface area contributed by atoms with Crippen LogP contribution in [-0.2, 0) is 0 Å². The monoisotopic (exact) mass is 264 g/mol. The van der Waals surface area contributed by atoms with Crippen LogP contribution in [0.2, 0.25) is 0 Å². The van der Waals surface area contributed by atoms with Crippen molar-refractivity contribution in [3.8, 4) is 0 Å². The van der Waals surface area contributed by atoms with Gasteiger partial charge in [-0.05, 0) is 12.1 Å². The van der Waals surface area contributed by atoms with Crippen LogP contribution in [0.5, 0.6) is 0 Å². The number of aliphatic hydroxyl groups excluding tert-OH is 2. The first kappa shape index (κ1) is 13.3. The Hall–Kier alpha value is -2.12. The highest BCUT2D eigenvalue weighted by Gasteiger charge is 2.18. The number of aromatic nitrogens is 2. The zero-order chi connectivity index (χ0) is 13.8. The van der Waals surface area contributed by atoms with Crippen molar-refractivity contribution in [1.82, 2.24) is 4.98 Å². The van der Waals surface area contributed by atoms with Crippen molar-refractivity contribution in [2.24, 2.45) is 0 Å². The summed E-state index contributed by atoms with van der Waals surface area (Å²) in [6, 6.07) is 3.35. The highest BCUT2D eigenvalue weighted by molar-refractivity contribution is 5.93. The SMILES string of the molecule is Nc1ccc(N(CCO)CCO)c2c1ncc[n+]2[O-]. The highest BCUT2D eigenvalue weighted by Crippen LogP contribution is 2.26. The number of nitrogens with two attached hydrogens (primary N) is 1. The number of rotatable bonds is 5. The third-order valence-corrected chi connectivity index (χ3v) is 2.87. The van der Waals surface area contributed by atoms with Gasteiger partial charge in [0.25, 0.3) is 5.52 Å². The third kappa shape index (κ3) is 2.51. The zero-order valence-electron chi connectivity index (χ0n) is 10.4. The molecule has 4 N–H and O–H groups in total. The Morgan fingerprint density at radius 1 is 1.26 bits per heavy atom. The second-order valence-electron chi connectivity index (χ2n) is 4.06. The van der Waals surface area contributed by atoms with E-state index in [0.29, 0.717) is 40.2 Å². The van der Waals surface area contributed by atoms with Crippen LogP contribution in [0.3, 0.4) is 0 Å². The van der Waals surface area contributed by atoms with E-state index in [0.717, 1.165) is 0 Å². The molecule has 0 radical (unpaired) electrons. The number of aliphatic hydroxyl groups is 2. The molecule has 1 heterocycles.